The number of esters is 1. The molecule has 2 atom stereocenters. The van der Waals surface area contributed by atoms with E-state index in [2.05, 4.69) is 11.4 Å². The molecular formula is C13H23N3O3. The molecule has 0 saturated carbocycles. The average Bonchev–Trinajstić information content (AvgIpc) is 2.36. The molecule has 2 N–H and O–H groups in total. The van der Waals surface area contributed by atoms with Gasteiger partial charge in [0.15, 0.2) is 0 Å². The summed E-state index contributed by atoms with van der Waals surface area (Å²) in [6.45, 7) is 4.74. The maximum Gasteiger partial charge on any atom is 0.306 e. The summed E-state index contributed by atoms with van der Waals surface area (Å²) in [6.07, 6.45) is 1.27. The van der Waals surface area contributed by atoms with Crippen LogP contribution in [0.25, 0.3) is 0 Å². The van der Waals surface area contributed by atoms with Crippen molar-refractivity contribution < 1.29 is 14.6 Å². The maximum absolute atomic E-state index is 11.5. The van der Waals surface area contributed by atoms with E-state index in [1.165, 1.54) is 0 Å². The van der Waals surface area contributed by atoms with Crippen molar-refractivity contribution in [1.82, 2.24) is 10.2 Å². The molecule has 0 radical (unpaired) electrons. The predicted octanol–water partition coefficient (Wildman–Crippen LogP) is -0.264. The van der Waals surface area contributed by atoms with Gasteiger partial charge in [-0.1, -0.05) is 0 Å². The van der Waals surface area contributed by atoms with E-state index in [9.17, 15) is 4.79 Å². The van der Waals surface area contributed by atoms with Crippen LogP contribution in [0.5, 0.6) is 0 Å². The Hall–Kier alpha value is -1.16. The molecule has 6 nitrogen and oxygen atoms in total. The van der Waals surface area contributed by atoms with E-state index >= 15 is 0 Å². The third kappa shape index (κ3) is 6.01. The van der Waals surface area contributed by atoms with E-state index in [4.69, 9.17) is 15.1 Å². The van der Waals surface area contributed by atoms with Gasteiger partial charge in [0.1, 0.15) is 0 Å². The minimum Gasteiger partial charge on any atom is -0.466 e. The second-order valence-corrected chi connectivity index (χ2v) is 4.84. The van der Waals surface area contributed by atoms with Crippen LogP contribution in [0.2, 0.25) is 0 Å². The zero-order valence-corrected chi connectivity index (χ0v) is 11.5. The Morgan fingerprint density at radius 3 is 3.00 bits per heavy atom. The highest BCUT2D eigenvalue weighted by molar-refractivity contribution is 5.69. The van der Waals surface area contributed by atoms with Gasteiger partial charge in [0.05, 0.1) is 25.8 Å². The van der Waals surface area contributed by atoms with E-state index < -0.39 is 0 Å². The van der Waals surface area contributed by atoms with Gasteiger partial charge in [-0.05, 0) is 19.3 Å². The first-order valence-corrected chi connectivity index (χ1v) is 6.78. The van der Waals surface area contributed by atoms with Crippen molar-refractivity contribution in [3.8, 4) is 6.07 Å². The number of rotatable bonds is 7. The molecule has 0 aromatic rings. The highest BCUT2D eigenvalue weighted by Crippen LogP contribution is 2.20. The molecule has 0 spiro atoms. The highest BCUT2D eigenvalue weighted by atomic mass is 16.5. The fraction of sp³-hybridized carbons (Fsp3) is 0.846. The van der Waals surface area contributed by atoms with Gasteiger partial charge in [0.2, 0.25) is 0 Å². The second-order valence-electron chi connectivity index (χ2n) is 4.84. The number of carbonyl (C=O) groups is 1. The third-order valence-electron chi connectivity index (χ3n) is 3.21. The lowest BCUT2D eigenvalue weighted by Gasteiger charge is -2.36. The number of carbonyl (C=O) groups excluding carboxylic acids is 1. The molecule has 0 aliphatic carbocycles. The maximum atomic E-state index is 11.5. The molecule has 0 aromatic carbocycles. The number of piperidine rings is 1. The number of nitriles is 1. The fourth-order valence-electron chi connectivity index (χ4n) is 2.55. The van der Waals surface area contributed by atoms with Crippen LogP contribution in [0.3, 0.4) is 0 Å². The molecule has 0 bridgehead atoms. The van der Waals surface area contributed by atoms with Crippen molar-refractivity contribution in [3.05, 3.63) is 0 Å². The quantitative estimate of drug-likeness (QED) is 0.489. The SMILES string of the molecule is CCOC(=O)CC1CC(NCCO)CN(CC#N)C1. The standard InChI is InChI=1S/C13H23N3O3/c1-2-19-13(18)8-11-7-12(15-4-6-17)10-16(9-11)5-3-14/h11-12,15,17H,2,4-10H2,1H3. The molecule has 6 heteroatoms. The number of nitrogens with zero attached hydrogens (tertiary/aromatic N) is 2. The van der Waals surface area contributed by atoms with Gasteiger partial charge < -0.3 is 15.2 Å². The van der Waals surface area contributed by atoms with Crippen LogP contribution in [0.1, 0.15) is 19.8 Å². The molecule has 2 unspecified atom stereocenters. The number of hydrogen-bond donors (Lipinski definition) is 2. The number of aliphatic hydroxyl groups is 1. The molecule has 1 heterocycles. The van der Waals surface area contributed by atoms with Crippen molar-refractivity contribution in [2.45, 2.75) is 25.8 Å². The summed E-state index contributed by atoms with van der Waals surface area (Å²) >= 11 is 0. The minimum atomic E-state index is -0.174. The van der Waals surface area contributed by atoms with Gasteiger partial charge in [-0.15, -0.1) is 0 Å². The zero-order chi connectivity index (χ0) is 14.1. The van der Waals surface area contributed by atoms with E-state index in [1.54, 1.807) is 6.92 Å². The van der Waals surface area contributed by atoms with Crippen LogP contribution < -0.4 is 5.32 Å². The van der Waals surface area contributed by atoms with Crippen LogP contribution in [0, 0.1) is 17.2 Å². The summed E-state index contributed by atoms with van der Waals surface area (Å²) in [4.78, 5) is 13.6. The van der Waals surface area contributed by atoms with E-state index in [0.717, 1.165) is 19.5 Å². The van der Waals surface area contributed by atoms with Gasteiger partial charge in [-0.3, -0.25) is 9.69 Å². The molecule has 1 aliphatic heterocycles. The van der Waals surface area contributed by atoms with Gasteiger partial charge in [0, 0.05) is 32.1 Å². The Kier molecular flexibility index (Phi) is 7.41. The number of hydrogen-bond acceptors (Lipinski definition) is 6. The zero-order valence-electron chi connectivity index (χ0n) is 11.5. The van der Waals surface area contributed by atoms with Crippen molar-refractivity contribution >= 4 is 5.97 Å². The van der Waals surface area contributed by atoms with Crippen LogP contribution in [-0.2, 0) is 9.53 Å². The Morgan fingerprint density at radius 2 is 2.37 bits per heavy atom. The average molecular weight is 269 g/mol. The summed E-state index contributed by atoms with van der Waals surface area (Å²) in [5.41, 5.74) is 0. The van der Waals surface area contributed by atoms with Crippen molar-refractivity contribution in [2.24, 2.45) is 5.92 Å². The lowest BCUT2D eigenvalue weighted by Crippen LogP contribution is -2.50. The Bertz CT molecular complexity index is 317. The van der Waals surface area contributed by atoms with Crippen LogP contribution >= 0.6 is 0 Å². The van der Waals surface area contributed by atoms with Gasteiger partial charge >= 0.3 is 5.97 Å². The van der Waals surface area contributed by atoms with Crippen molar-refractivity contribution in [3.63, 3.8) is 0 Å². The molecule has 1 fully saturated rings. The largest absolute Gasteiger partial charge is 0.466 e. The molecule has 0 aromatic heterocycles. The third-order valence-corrected chi connectivity index (χ3v) is 3.21. The second kappa shape index (κ2) is 8.86. The summed E-state index contributed by atoms with van der Waals surface area (Å²) in [6, 6.07) is 2.36. The van der Waals surface area contributed by atoms with Crippen LogP contribution in [-0.4, -0.2) is 61.4 Å². The summed E-state index contributed by atoms with van der Waals surface area (Å²) < 4.78 is 4.97. The topological polar surface area (TPSA) is 85.6 Å². The highest BCUT2D eigenvalue weighted by Gasteiger charge is 2.28. The fourth-order valence-corrected chi connectivity index (χ4v) is 2.55. The first-order valence-electron chi connectivity index (χ1n) is 6.78. The van der Waals surface area contributed by atoms with E-state index in [-0.39, 0.29) is 24.5 Å². The van der Waals surface area contributed by atoms with Crippen molar-refractivity contribution in [1.29, 1.82) is 5.26 Å². The Morgan fingerprint density at radius 1 is 1.58 bits per heavy atom. The summed E-state index contributed by atoms with van der Waals surface area (Å²) in [5.74, 6) is 0.0320. The van der Waals surface area contributed by atoms with E-state index in [0.29, 0.717) is 26.1 Å². The van der Waals surface area contributed by atoms with E-state index in [1.807, 2.05) is 4.90 Å². The number of nitrogens with one attached hydrogen (secondary N) is 1. The Labute approximate surface area is 114 Å². The normalized spacial score (nSPS) is 23.8. The lowest BCUT2D eigenvalue weighted by molar-refractivity contribution is -0.144. The lowest BCUT2D eigenvalue weighted by atomic mass is 9.91. The van der Waals surface area contributed by atoms with Gasteiger partial charge in [0.25, 0.3) is 0 Å². The minimum absolute atomic E-state index is 0.0945. The monoisotopic (exact) mass is 269 g/mol. The number of aliphatic hydroxyl groups excluding tert-OH is 1. The number of ether oxygens (including phenoxy) is 1. The number of likely N-dealkylation sites (tertiary alicyclic amines) is 1. The summed E-state index contributed by atoms with van der Waals surface area (Å²) in [5, 5.41) is 20.9. The van der Waals surface area contributed by atoms with Gasteiger partial charge in [-0.2, -0.15) is 5.26 Å². The molecule has 1 saturated heterocycles. The molecular weight excluding hydrogens is 246 g/mol. The van der Waals surface area contributed by atoms with Crippen LogP contribution in [0.15, 0.2) is 0 Å². The molecule has 1 aliphatic rings. The molecule has 19 heavy (non-hydrogen) atoms. The molecule has 0 amide bonds. The Balaban J connectivity index is 2.49. The van der Waals surface area contributed by atoms with Crippen LogP contribution in [0.4, 0.5) is 0 Å². The predicted molar refractivity (Wildman–Crippen MR) is 70.3 cm³/mol. The summed E-state index contributed by atoms with van der Waals surface area (Å²) in [7, 11) is 0. The van der Waals surface area contributed by atoms with Crippen molar-refractivity contribution in [2.75, 3.05) is 39.4 Å². The van der Waals surface area contributed by atoms with Gasteiger partial charge in [-0.25, -0.2) is 0 Å². The molecule has 1 rings (SSSR count). The first kappa shape index (κ1) is 15.9. The first-order chi connectivity index (χ1) is 9.19. The smallest absolute Gasteiger partial charge is 0.306 e. The molecule has 108 valence electrons.